The van der Waals surface area contributed by atoms with E-state index in [9.17, 15) is 43.2 Å². The molecule has 0 amide bonds. The molecule has 0 radical (unpaired) electrons. The van der Waals surface area contributed by atoms with Gasteiger partial charge in [-0.25, -0.2) is 9.13 Å². The Labute approximate surface area is 579 Å². The molecule has 0 aliphatic carbocycles. The lowest BCUT2D eigenvalue weighted by molar-refractivity contribution is -0.161. The number of aliphatic hydroxyl groups excluding tert-OH is 1. The third kappa shape index (κ3) is 67.3. The molecule has 0 spiro atoms. The van der Waals surface area contributed by atoms with Gasteiger partial charge >= 0.3 is 39.5 Å². The van der Waals surface area contributed by atoms with Crippen molar-refractivity contribution < 1.29 is 80.2 Å². The van der Waals surface area contributed by atoms with E-state index in [4.69, 9.17) is 37.0 Å². The van der Waals surface area contributed by atoms with Gasteiger partial charge in [-0.1, -0.05) is 250 Å². The Balaban J connectivity index is 5.48. The van der Waals surface area contributed by atoms with Crippen molar-refractivity contribution in [2.45, 2.75) is 264 Å². The lowest BCUT2D eigenvalue weighted by Crippen LogP contribution is -2.30. The van der Waals surface area contributed by atoms with Crippen LogP contribution in [-0.4, -0.2) is 96.7 Å². The van der Waals surface area contributed by atoms with E-state index in [0.29, 0.717) is 32.1 Å². The summed E-state index contributed by atoms with van der Waals surface area (Å²) >= 11 is 0. The summed E-state index contributed by atoms with van der Waals surface area (Å²) in [4.78, 5) is 72.5. The number of carbonyl (C=O) groups excluding carboxylic acids is 4. The zero-order chi connectivity index (χ0) is 70.4. The van der Waals surface area contributed by atoms with Crippen LogP contribution in [0.2, 0.25) is 0 Å². The number of carbonyl (C=O) groups is 4. The number of phosphoric ester groups is 2. The Kier molecular flexibility index (Phi) is 64.4. The van der Waals surface area contributed by atoms with Crippen LogP contribution in [0.15, 0.2) is 158 Å². The van der Waals surface area contributed by atoms with Crippen molar-refractivity contribution in [3.63, 3.8) is 0 Å². The average Bonchev–Trinajstić information content (AvgIpc) is 1.41. The van der Waals surface area contributed by atoms with E-state index in [2.05, 4.69) is 143 Å². The Morgan fingerprint density at radius 2 is 0.604 bits per heavy atom. The molecule has 0 heterocycles. The molecule has 96 heavy (non-hydrogen) atoms. The minimum Gasteiger partial charge on any atom is -0.462 e. The molecule has 544 valence electrons. The summed E-state index contributed by atoms with van der Waals surface area (Å²) in [6.07, 6.45) is 77.4. The van der Waals surface area contributed by atoms with Crippen LogP contribution in [0.5, 0.6) is 0 Å². The molecule has 3 N–H and O–H groups in total. The summed E-state index contributed by atoms with van der Waals surface area (Å²) in [5.41, 5.74) is 0. The van der Waals surface area contributed by atoms with Gasteiger partial charge in [-0.2, -0.15) is 0 Å². The topological polar surface area (TPSA) is 237 Å². The number of unbranched alkanes of at least 4 members (excludes halogenated alkanes) is 14. The van der Waals surface area contributed by atoms with Crippen LogP contribution in [0, 0.1) is 0 Å². The van der Waals surface area contributed by atoms with Gasteiger partial charge in [-0.15, -0.1) is 0 Å². The Hall–Kier alpha value is -5.32. The second-order valence-electron chi connectivity index (χ2n) is 23.1. The molecule has 0 aromatic heterocycles. The molecule has 5 unspecified atom stereocenters. The Morgan fingerprint density at radius 3 is 0.990 bits per heavy atom. The van der Waals surface area contributed by atoms with Crippen LogP contribution in [0.25, 0.3) is 0 Å². The van der Waals surface area contributed by atoms with Crippen molar-refractivity contribution in [1.82, 2.24) is 0 Å². The number of phosphoric acid groups is 2. The molecule has 0 fully saturated rings. The lowest BCUT2D eigenvalue weighted by Gasteiger charge is -2.21. The zero-order valence-electron chi connectivity index (χ0n) is 59.0. The molecular formula is C77H124O17P2. The van der Waals surface area contributed by atoms with Gasteiger partial charge < -0.3 is 33.8 Å². The van der Waals surface area contributed by atoms with Gasteiger partial charge in [-0.05, 0) is 128 Å². The summed E-state index contributed by atoms with van der Waals surface area (Å²) in [5, 5.41) is 10.6. The van der Waals surface area contributed by atoms with Crippen molar-refractivity contribution in [3.8, 4) is 0 Å². The maximum Gasteiger partial charge on any atom is 0.472 e. The molecule has 0 saturated carbocycles. The summed E-state index contributed by atoms with van der Waals surface area (Å²) < 4.78 is 68.0. The number of esters is 4. The molecule has 0 bridgehead atoms. The monoisotopic (exact) mass is 1380 g/mol. The van der Waals surface area contributed by atoms with E-state index in [1.165, 1.54) is 25.7 Å². The van der Waals surface area contributed by atoms with Gasteiger partial charge in [0.15, 0.2) is 12.2 Å². The standard InChI is InChI=1S/C77H124O17P2/c1-5-9-13-17-21-25-29-31-33-34-35-36-38-39-43-46-50-54-58-62-75(80)88-68-73(94-77(82)64-60-56-52-48-44-40-37-32-30-26-22-18-14-10-6-2)70-92-96(85,86)90-66-71(78)65-89-95(83,84)91-69-72(93-76(81)63-59-55-51-47-42-28-24-20-16-12-8-4)67-87-74(79)61-57-53-49-45-41-27-23-19-15-11-7-3/h9-10,13-14,19-26,31-33,35-37,39,43-44,48,50,54,56,60,71-73,78H,5-8,11-12,15-18,27-30,34,38,40-42,45-47,49,51-53,55,57-59,61-70H2,1-4H3,(H,83,84)(H,85,86)/b13-9-,14-10-,23-19-,24-20-,25-21-,26-22-,33-31-,36-35-,37-32-,43-39-,48-44-,54-50-,60-56-. The van der Waals surface area contributed by atoms with Crippen LogP contribution < -0.4 is 0 Å². The van der Waals surface area contributed by atoms with Gasteiger partial charge in [0.1, 0.15) is 19.3 Å². The summed E-state index contributed by atoms with van der Waals surface area (Å²) in [6, 6.07) is 0. The fourth-order valence-electron chi connectivity index (χ4n) is 8.58. The van der Waals surface area contributed by atoms with E-state index in [1.807, 2.05) is 30.4 Å². The normalized spacial score (nSPS) is 14.9. The molecule has 17 nitrogen and oxygen atoms in total. The molecule has 0 aliphatic heterocycles. The van der Waals surface area contributed by atoms with E-state index < -0.39 is 97.5 Å². The van der Waals surface area contributed by atoms with Crippen LogP contribution in [0.3, 0.4) is 0 Å². The number of ether oxygens (including phenoxy) is 4. The first-order valence-electron chi connectivity index (χ1n) is 35.7. The maximum atomic E-state index is 13.0. The Bertz CT molecular complexity index is 2450. The van der Waals surface area contributed by atoms with Crippen molar-refractivity contribution in [2.75, 3.05) is 39.6 Å². The van der Waals surface area contributed by atoms with Gasteiger partial charge in [0.25, 0.3) is 0 Å². The average molecular weight is 1380 g/mol. The highest BCUT2D eigenvalue weighted by molar-refractivity contribution is 7.47. The van der Waals surface area contributed by atoms with Crippen LogP contribution >= 0.6 is 15.6 Å². The second kappa shape index (κ2) is 68.2. The highest BCUT2D eigenvalue weighted by atomic mass is 31.2. The van der Waals surface area contributed by atoms with E-state index in [1.54, 1.807) is 12.2 Å². The fraction of sp³-hybridized carbons (Fsp3) is 0.610. The van der Waals surface area contributed by atoms with Crippen LogP contribution in [-0.2, 0) is 65.4 Å². The Morgan fingerprint density at radius 1 is 0.312 bits per heavy atom. The number of allylic oxidation sites excluding steroid dienone is 25. The summed E-state index contributed by atoms with van der Waals surface area (Å²) in [5.74, 6) is -2.46. The van der Waals surface area contributed by atoms with Gasteiger partial charge in [-0.3, -0.25) is 37.3 Å². The van der Waals surface area contributed by atoms with Crippen molar-refractivity contribution in [2.24, 2.45) is 0 Å². The highest BCUT2D eigenvalue weighted by Crippen LogP contribution is 2.45. The molecular weight excluding hydrogens is 1260 g/mol. The molecule has 0 rings (SSSR count). The quantitative estimate of drug-likeness (QED) is 0.0169. The van der Waals surface area contributed by atoms with Crippen LogP contribution in [0.1, 0.15) is 246 Å². The van der Waals surface area contributed by atoms with E-state index >= 15 is 0 Å². The third-order valence-electron chi connectivity index (χ3n) is 14.0. The van der Waals surface area contributed by atoms with Gasteiger partial charge in [0, 0.05) is 19.3 Å². The van der Waals surface area contributed by atoms with Crippen molar-refractivity contribution >= 4 is 39.5 Å². The summed E-state index contributed by atoms with van der Waals surface area (Å²) in [6.45, 7) is 4.29. The SMILES string of the molecule is CC/C=C\C/C=C\C/C=C\C/C=C\C/C=C\C/C=C\CCC(=O)OCC(COP(=O)(O)OCC(O)COP(=O)(O)OCC(COC(=O)CCCCCCC/C=C\CCCC)OC(=O)CCCCCCC/C=C\CCCC)OC(=O)C/C=C\C/C=C\C/C=C\C/C=C\C/C=C\CC. The van der Waals surface area contributed by atoms with Gasteiger partial charge in [0.05, 0.1) is 32.8 Å². The highest BCUT2D eigenvalue weighted by Gasteiger charge is 2.30. The van der Waals surface area contributed by atoms with Crippen LogP contribution in [0.4, 0.5) is 0 Å². The molecule has 5 atom stereocenters. The van der Waals surface area contributed by atoms with E-state index in [0.717, 1.165) is 135 Å². The number of aliphatic hydroxyl groups is 1. The first kappa shape index (κ1) is 90.7. The number of rotatable bonds is 65. The predicted molar refractivity (Wildman–Crippen MR) is 390 cm³/mol. The largest absolute Gasteiger partial charge is 0.472 e. The fourth-order valence-corrected chi connectivity index (χ4v) is 10.2. The molecule has 0 aromatic rings. The van der Waals surface area contributed by atoms with Gasteiger partial charge in [0.2, 0.25) is 0 Å². The predicted octanol–water partition coefficient (Wildman–Crippen LogP) is 20.1. The lowest BCUT2D eigenvalue weighted by atomic mass is 10.1. The molecule has 0 aliphatic rings. The van der Waals surface area contributed by atoms with Crippen molar-refractivity contribution in [1.29, 1.82) is 0 Å². The minimum absolute atomic E-state index is 0.0109. The minimum atomic E-state index is -5.02. The molecule has 19 heteroatoms. The van der Waals surface area contributed by atoms with E-state index in [-0.39, 0.29) is 25.7 Å². The second-order valence-corrected chi connectivity index (χ2v) is 26.0. The number of hydrogen-bond acceptors (Lipinski definition) is 15. The number of hydrogen-bond donors (Lipinski definition) is 3. The first-order chi connectivity index (χ1) is 46.7. The molecule has 0 aromatic carbocycles. The zero-order valence-corrected chi connectivity index (χ0v) is 60.8. The van der Waals surface area contributed by atoms with Crippen molar-refractivity contribution in [3.05, 3.63) is 158 Å². The third-order valence-corrected chi connectivity index (χ3v) is 15.9. The maximum absolute atomic E-state index is 13.0. The molecule has 0 saturated heterocycles. The smallest absolute Gasteiger partial charge is 0.462 e. The first-order valence-corrected chi connectivity index (χ1v) is 38.7. The summed E-state index contributed by atoms with van der Waals surface area (Å²) in [7, 11) is -10.0.